The molecular weight excluding hydrogens is 374 g/mol. The van der Waals surface area contributed by atoms with Gasteiger partial charge in [-0.1, -0.05) is 12.1 Å². The highest BCUT2D eigenvalue weighted by atomic mass is 32.1. The monoisotopic (exact) mass is 391 g/mol. The van der Waals surface area contributed by atoms with E-state index in [-0.39, 0.29) is 18.1 Å². The van der Waals surface area contributed by atoms with Crippen LogP contribution in [0.4, 0.5) is 5.69 Å². The average molecular weight is 391 g/mol. The molecule has 1 aliphatic rings. The van der Waals surface area contributed by atoms with E-state index in [1.54, 1.807) is 34.6 Å². The number of hydrogen-bond acceptors (Lipinski definition) is 5. The number of aromatic nitrogens is 4. The van der Waals surface area contributed by atoms with Crippen molar-refractivity contribution in [3.63, 3.8) is 0 Å². The van der Waals surface area contributed by atoms with Crippen LogP contribution in [-0.4, -0.2) is 31.6 Å². The summed E-state index contributed by atoms with van der Waals surface area (Å²) in [5.41, 5.74) is 4.28. The van der Waals surface area contributed by atoms with Crippen LogP contribution in [0.1, 0.15) is 10.6 Å². The molecule has 0 aliphatic carbocycles. The van der Waals surface area contributed by atoms with Gasteiger partial charge in [-0.2, -0.15) is 0 Å². The summed E-state index contributed by atoms with van der Waals surface area (Å²) in [6.07, 6.45) is 2.44. The third-order valence-corrected chi connectivity index (χ3v) is 5.74. The summed E-state index contributed by atoms with van der Waals surface area (Å²) in [6.45, 7) is 2.52. The Kier molecular flexibility index (Phi) is 3.87. The summed E-state index contributed by atoms with van der Waals surface area (Å²) in [7, 11) is 0. The number of benzene rings is 1. The second kappa shape index (κ2) is 6.42. The lowest BCUT2D eigenvalue weighted by Gasteiger charge is -2.17. The van der Waals surface area contributed by atoms with Crippen molar-refractivity contribution in [3.05, 3.63) is 69.0 Å². The second-order valence-corrected chi connectivity index (χ2v) is 7.82. The van der Waals surface area contributed by atoms with Crippen molar-refractivity contribution in [3.8, 4) is 11.3 Å². The highest BCUT2D eigenvalue weighted by molar-refractivity contribution is 7.09. The van der Waals surface area contributed by atoms with Gasteiger partial charge in [-0.3, -0.25) is 9.20 Å². The SMILES string of the molecule is Cc1nc(-c2ccc3c(c2)CCN3C(=O)Cn2nc3ccccn3c2=O)cs1. The summed E-state index contributed by atoms with van der Waals surface area (Å²) < 4.78 is 2.66. The predicted octanol–water partition coefficient (Wildman–Crippen LogP) is 2.52. The number of fused-ring (bicyclic) bond motifs is 2. The van der Waals surface area contributed by atoms with Crippen LogP contribution in [0.25, 0.3) is 16.9 Å². The van der Waals surface area contributed by atoms with Gasteiger partial charge in [0.1, 0.15) is 6.54 Å². The first-order chi connectivity index (χ1) is 13.6. The molecule has 1 amide bonds. The molecule has 0 fully saturated rings. The van der Waals surface area contributed by atoms with Crippen molar-refractivity contribution in [1.29, 1.82) is 0 Å². The fourth-order valence-corrected chi connectivity index (χ4v) is 4.22. The normalized spacial score (nSPS) is 13.2. The molecule has 1 aliphatic heterocycles. The standard InChI is InChI=1S/C20H17N5O2S/c1-13-21-16(12-28-13)14-5-6-17-15(10-14)7-9-23(17)19(26)11-25-20(27)24-8-3-2-4-18(24)22-25/h2-6,8,10,12H,7,9,11H2,1H3. The van der Waals surface area contributed by atoms with Gasteiger partial charge in [0.2, 0.25) is 5.91 Å². The van der Waals surface area contributed by atoms with Gasteiger partial charge in [0.25, 0.3) is 0 Å². The molecule has 0 atom stereocenters. The number of nitrogens with zero attached hydrogens (tertiary/aromatic N) is 5. The van der Waals surface area contributed by atoms with Crippen molar-refractivity contribution < 1.29 is 4.79 Å². The van der Waals surface area contributed by atoms with Crippen LogP contribution < -0.4 is 10.6 Å². The molecule has 0 spiro atoms. The lowest BCUT2D eigenvalue weighted by Crippen LogP contribution is -2.35. The van der Waals surface area contributed by atoms with Crippen LogP contribution in [-0.2, 0) is 17.8 Å². The van der Waals surface area contributed by atoms with E-state index < -0.39 is 0 Å². The quantitative estimate of drug-likeness (QED) is 0.538. The number of aryl methyl sites for hydroxylation is 1. The smallest absolute Gasteiger partial charge is 0.310 e. The number of pyridine rings is 1. The third-order valence-electron chi connectivity index (χ3n) is 4.96. The van der Waals surface area contributed by atoms with Gasteiger partial charge in [0, 0.05) is 29.4 Å². The lowest BCUT2D eigenvalue weighted by atomic mass is 10.1. The maximum atomic E-state index is 12.9. The van der Waals surface area contributed by atoms with Crippen molar-refractivity contribution in [1.82, 2.24) is 19.2 Å². The fraction of sp³-hybridized carbons (Fsp3) is 0.200. The van der Waals surface area contributed by atoms with Crippen LogP contribution in [0.3, 0.4) is 0 Å². The average Bonchev–Trinajstić information content (AvgIpc) is 3.39. The molecule has 0 N–H and O–H groups in total. The second-order valence-electron chi connectivity index (χ2n) is 6.76. The molecule has 0 saturated heterocycles. The number of anilines is 1. The van der Waals surface area contributed by atoms with Gasteiger partial charge in [0.15, 0.2) is 5.65 Å². The lowest BCUT2D eigenvalue weighted by molar-refractivity contribution is -0.119. The van der Waals surface area contributed by atoms with Gasteiger partial charge in [-0.15, -0.1) is 16.4 Å². The minimum absolute atomic E-state index is 0.0764. The van der Waals surface area contributed by atoms with Crippen LogP contribution >= 0.6 is 11.3 Å². The number of carbonyl (C=O) groups is 1. The number of thiazole rings is 1. The van der Waals surface area contributed by atoms with E-state index in [1.807, 2.05) is 30.5 Å². The molecule has 8 heteroatoms. The molecule has 0 unspecified atom stereocenters. The van der Waals surface area contributed by atoms with Crippen molar-refractivity contribution in [2.75, 3.05) is 11.4 Å². The Balaban J connectivity index is 1.41. The van der Waals surface area contributed by atoms with E-state index in [4.69, 9.17) is 0 Å². The zero-order valence-electron chi connectivity index (χ0n) is 15.2. The number of amides is 1. The van der Waals surface area contributed by atoms with Gasteiger partial charge < -0.3 is 4.90 Å². The predicted molar refractivity (Wildman–Crippen MR) is 108 cm³/mol. The number of carbonyl (C=O) groups excluding carboxylic acids is 1. The number of rotatable bonds is 3. The van der Waals surface area contributed by atoms with Crippen LogP contribution in [0, 0.1) is 6.92 Å². The summed E-state index contributed by atoms with van der Waals surface area (Å²) in [5.74, 6) is -0.137. The highest BCUT2D eigenvalue weighted by Gasteiger charge is 2.26. The Morgan fingerprint density at radius 3 is 2.93 bits per heavy atom. The Labute approximate surface area is 164 Å². The molecule has 3 aromatic heterocycles. The van der Waals surface area contributed by atoms with Crippen molar-refractivity contribution in [2.45, 2.75) is 19.9 Å². The maximum absolute atomic E-state index is 12.9. The minimum Gasteiger partial charge on any atom is -0.310 e. The van der Waals surface area contributed by atoms with E-state index in [2.05, 4.69) is 16.1 Å². The van der Waals surface area contributed by atoms with Crippen LogP contribution in [0.15, 0.2) is 52.8 Å². The topological polar surface area (TPSA) is 72.5 Å². The summed E-state index contributed by atoms with van der Waals surface area (Å²) in [4.78, 5) is 31.6. The molecule has 140 valence electrons. The Bertz CT molecular complexity index is 1270. The first-order valence-corrected chi connectivity index (χ1v) is 9.88. The molecule has 5 rings (SSSR count). The van der Waals surface area contributed by atoms with Gasteiger partial charge in [-0.25, -0.2) is 14.5 Å². The summed E-state index contributed by atoms with van der Waals surface area (Å²) >= 11 is 1.63. The van der Waals surface area contributed by atoms with Gasteiger partial charge >= 0.3 is 5.69 Å². The minimum atomic E-state index is -0.308. The maximum Gasteiger partial charge on any atom is 0.350 e. The fourth-order valence-electron chi connectivity index (χ4n) is 3.60. The Hall–Kier alpha value is -3.26. The molecule has 0 radical (unpaired) electrons. The molecule has 28 heavy (non-hydrogen) atoms. The molecule has 4 aromatic rings. The largest absolute Gasteiger partial charge is 0.350 e. The van der Waals surface area contributed by atoms with E-state index >= 15 is 0 Å². The van der Waals surface area contributed by atoms with Gasteiger partial charge in [-0.05, 0) is 43.2 Å². The highest BCUT2D eigenvalue weighted by Crippen LogP contribution is 2.32. The molecule has 0 saturated carbocycles. The summed E-state index contributed by atoms with van der Waals surface area (Å²) in [5, 5.41) is 7.33. The Morgan fingerprint density at radius 1 is 1.25 bits per heavy atom. The zero-order chi connectivity index (χ0) is 19.3. The van der Waals surface area contributed by atoms with E-state index in [1.165, 1.54) is 9.08 Å². The first-order valence-electron chi connectivity index (χ1n) is 9.00. The molecular formula is C20H17N5O2S. The van der Waals surface area contributed by atoms with Crippen LogP contribution in [0.5, 0.6) is 0 Å². The van der Waals surface area contributed by atoms with E-state index in [0.29, 0.717) is 12.2 Å². The van der Waals surface area contributed by atoms with Crippen molar-refractivity contribution in [2.24, 2.45) is 0 Å². The summed E-state index contributed by atoms with van der Waals surface area (Å²) in [6, 6.07) is 11.4. The number of hydrogen-bond donors (Lipinski definition) is 0. The Morgan fingerprint density at radius 2 is 2.14 bits per heavy atom. The third kappa shape index (κ3) is 2.73. The van der Waals surface area contributed by atoms with Gasteiger partial charge in [0.05, 0.1) is 10.7 Å². The zero-order valence-corrected chi connectivity index (χ0v) is 16.0. The van der Waals surface area contributed by atoms with Crippen molar-refractivity contribution >= 4 is 28.6 Å². The van der Waals surface area contributed by atoms with Crippen LogP contribution in [0.2, 0.25) is 0 Å². The molecule has 4 heterocycles. The molecule has 1 aromatic carbocycles. The van der Waals surface area contributed by atoms with E-state index in [0.717, 1.165) is 33.9 Å². The molecule has 7 nitrogen and oxygen atoms in total. The van der Waals surface area contributed by atoms with E-state index in [9.17, 15) is 9.59 Å². The first kappa shape index (κ1) is 16.9. The molecule has 0 bridgehead atoms.